The predicted molar refractivity (Wildman–Crippen MR) is 119 cm³/mol. The summed E-state index contributed by atoms with van der Waals surface area (Å²) in [5.74, 6) is 0.153. The van der Waals surface area contributed by atoms with Crippen LogP contribution in [0.2, 0.25) is 10.0 Å². The number of carbonyl (C=O) groups excluding carboxylic acids is 1. The van der Waals surface area contributed by atoms with E-state index in [2.05, 4.69) is 5.32 Å². The maximum atomic E-state index is 13.3. The van der Waals surface area contributed by atoms with Gasteiger partial charge in [-0.15, -0.1) is 0 Å². The zero-order valence-electron chi connectivity index (χ0n) is 16.4. The van der Waals surface area contributed by atoms with E-state index in [9.17, 15) is 14.4 Å². The molecular weight excluding hydrogens is 441 g/mol. The Balaban J connectivity index is 1.83. The number of hydrogen-bond donors (Lipinski definition) is 1. The molecule has 158 valence electrons. The van der Waals surface area contributed by atoms with Crippen LogP contribution in [0.25, 0.3) is 16.6 Å². The van der Waals surface area contributed by atoms with Crippen LogP contribution in [-0.4, -0.2) is 15.0 Å². The first-order chi connectivity index (χ1) is 14.8. The van der Waals surface area contributed by atoms with Gasteiger partial charge in [0.25, 0.3) is 5.56 Å². The maximum Gasteiger partial charge on any atom is 0.336 e. The van der Waals surface area contributed by atoms with Crippen molar-refractivity contribution in [3.63, 3.8) is 0 Å². The Morgan fingerprint density at radius 1 is 1.10 bits per heavy atom. The molecule has 0 aliphatic rings. The van der Waals surface area contributed by atoms with E-state index < -0.39 is 17.2 Å². The first-order valence-corrected chi connectivity index (χ1v) is 10.1. The molecule has 7 nitrogen and oxygen atoms in total. The molecule has 2 aromatic heterocycles. The van der Waals surface area contributed by atoms with E-state index in [-0.39, 0.29) is 24.0 Å². The highest BCUT2D eigenvalue weighted by Crippen LogP contribution is 2.20. The Labute approximate surface area is 186 Å². The second-order valence-electron chi connectivity index (χ2n) is 6.96. The van der Waals surface area contributed by atoms with Gasteiger partial charge in [0.1, 0.15) is 12.3 Å². The molecule has 2 aromatic carbocycles. The van der Waals surface area contributed by atoms with Crippen molar-refractivity contribution in [2.75, 3.05) is 0 Å². The van der Waals surface area contributed by atoms with Crippen LogP contribution in [0.5, 0.6) is 0 Å². The molecule has 4 rings (SSSR count). The number of nitrogens with one attached hydrogen (secondary N) is 1. The lowest BCUT2D eigenvalue weighted by molar-refractivity contribution is -0.121. The molecule has 0 radical (unpaired) electrons. The van der Waals surface area contributed by atoms with Gasteiger partial charge < -0.3 is 9.73 Å². The highest BCUT2D eigenvalue weighted by Gasteiger charge is 2.17. The SMILES string of the molecule is Cc1ccc(-n2c(=O)c3ccc(Cl)cc3n(CC(=O)NCc3ccco3)c2=O)cc1Cl. The summed E-state index contributed by atoms with van der Waals surface area (Å²) >= 11 is 12.3. The van der Waals surface area contributed by atoms with Crippen LogP contribution in [-0.2, 0) is 17.9 Å². The van der Waals surface area contributed by atoms with Gasteiger partial charge in [0.05, 0.1) is 29.4 Å². The number of halogens is 2. The van der Waals surface area contributed by atoms with Gasteiger partial charge in [-0.3, -0.25) is 14.2 Å². The number of hydrogen-bond acceptors (Lipinski definition) is 4. The van der Waals surface area contributed by atoms with Gasteiger partial charge in [-0.1, -0.05) is 29.3 Å². The normalized spacial score (nSPS) is 11.1. The third-order valence-corrected chi connectivity index (χ3v) is 5.50. The molecule has 0 unspecified atom stereocenters. The Kier molecular flexibility index (Phi) is 5.71. The third kappa shape index (κ3) is 4.15. The van der Waals surface area contributed by atoms with E-state index >= 15 is 0 Å². The maximum absolute atomic E-state index is 13.3. The number of carbonyl (C=O) groups is 1. The molecule has 0 aliphatic carbocycles. The lowest BCUT2D eigenvalue weighted by Crippen LogP contribution is -2.41. The van der Waals surface area contributed by atoms with Gasteiger partial charge in [-0.25, -0.2) is 9.36 Å². The average molecular weight is 458 g/mol. The topological polar surface area (TPSA) is 86.2 Å². The molecule has 2 heterocycles. The van der Waals surface area contributed by atoms with Crippen molar-refractivity contribution in [2.45, 2.75) is 20.0 Å². The number of benzene rings is 2. The van der Waals surface area contributed by atoms with E-state index in [0.29, 0.717) is 21.5 Å². The van der Waals surface area contributed by atoms with Crippen LogP contribution < -0.4 is 16.6 Å². The standard InChI is InChI=1S/C22H17Cl2N3O4/c1-13-4-6-15(10-18(13)24)27-21(29)17-7-5-14(23)9-19(17)26(22(27)30)12-20(28)25-11-16-3-2-8-31-16/h2-10H,11-12H2,1H3,(H,25,28). The van der Waals surface area contributed by atoms with E-state index in [1.54, 1.807) is 36.4 Å². The zero-order valence-corrected chi connectivity index (χ0v) is 17.9. The molecule has 0 aliphatic heterocycles. The molecule has 0 atom stereocenters. The fourth-order valence-corrected chi connectivity index (χ4v) is 3.58. The number of aryl methyl sites for hydroxylation is 1. The summed E-state index contributed by atoms with van der Waals surface area (Å²) in [7, 11) is 0. The molecule has 0 spiro atoms. The van der Waals surface area contributed by atoms with Crippen LogP contribution in [0.1, 0.15) is 11.3 Å². The lowest BCUT2D eigenvalue weighted by Gasteiger charge is -2.15. The Bertz CT molecular complexity index is 1410. The van der Waals surface area contributed by atoms with Crippen molar-refractivity contribution in [1.29, 1.82) is 0 Å². The molecule has 1 N–H and O–H groups in total. The molecule has 0 fully saturated rings. The number of amides is 1. The monoisotopic (exact) mass is 457 g/mol. The van der Waals surface area contributed by atoms with Gasteiger partial charge in [-0.2, -0.15) is 0 Å². The summed E-state index contributed by atoms with van der Waals surface area (Å²) in [4.78, 5) is 39.0. The smallest absolute Gasteiger partial charge is 0.336 e. The van der Waals surface area contributed by atoms with Crippen molar-refractivity contribution in [3.8, 4) is 5.69 Å². The predicted octanol–water partition coefficient (Wildman–Crippen LogP) is 3.68. The van der Waals surface area contributed by atoms with Gasteiger partial charge in [0, 0.05) is 10.0 Å². The van der Waals surface area contributed by atoms with Crippen LogP contribution in [0.3, 0.4) is 0 Å². The first-order valence-electron chi connectivity index (χ1n) is 9.36. The second-order valence-corrected chi connectivity index (χ2v) is 7.80. The molecule has 0 saturated carbocycles. The van der Waals surface area contributed by atoms with Gasteiger partial charge in [-0.05, 0) is 55.0 Å². The Morgan fingerprint density at radius 3 is 2.61 bits per heavy atom. The van der Waals surface area contributed by atoms with Crippen molar-refractivity contribution < 1.29 is 9.21 Å². The number of rotatable bonds is 5. The summed E-state index contributed by atoms with van der Waals surface area (Å²) in [6.07, 6.45) is 1.50. The average Bonchev–Trinajstić information content (AvgIpc) is 3.26. The molecule has 0 bridgehead atoms. The number of nitrogens with zero attached hydrogens (tertiary/aromatic N) is 2. The molecule has 4 aromatic rings. The van der Waals surface area contributed by atoms with Crippen molar-refractivity contribution in [1.82, 2.24) is 14.5 Å². The van der Waals surface area contributed by atoms with Crippen LogP contribution in [0.15, 0.2) is 68.8 Å². The van der Waals surface area contributed by atoms with E-state index in [1.165, 1.54) is 23.0 Å². The van der Waals surface area contributed by atoms with Gasteiger partial charge in [0.15, 0.2) is 0 Å². The van der Waals surface area contributed by atoms with Gasteiger partial charge >= 0.3 is 5.69 Å². The Morgan fingerprint density at radius 2 is 1.90 bits per heavy atom. The minimum atomic E-state index is -0.673. The van der Waals surface area contributed by atoms with E-state index in [0.717, 1.165) is 10.1 Å². The fourth-order valence-electron chi connectivity index (χ4n) is 3.24. The number of fused-ring (bicyclic) bond motifs is 1. The number of furan rings is 1. The van der Waals surface area contributed by atoms with E-state index in [4.69, 9.17) is 27.6 Å². The minimum absolute atomic E-state index is 0.173. The van der Waals surface area contributed by atoms with Crippen molar-refractivity contribution in [3.05, 3.63) is 97.0 Å². The Hall–Kier alpha value is -3.29. The summed E-state index contributed by atoms with van der Waals surface area (Å²) in [5.41, 5.74) is 0.192. The molecule has 9 heteroatoms. The van der Waals surface area contributed by atoms with E-state index in [1.807, 2.05) is 6.92 Å². The fraction of sp³-hybridized carbons (Fsp3) is 0.136. The lowest BCUT2D eigenvalue weighted by atomic mass is 10.2. The second kappa shape index (κ2) is 8.45. The van der Waals surface area contributed by atoms with Gasteiger partial charge in [0.2, 0.25) is 5.91 Å². The highest BCUT2D eigenvalue weighted by molar-refractivity contribution is 6.31. The first kappa shape index (κ1) is 21.0. The summed E-state index contributed by atoms with van der Waals surface area (Å²) < 4.78 is 7.42. The van der Waals surface area contributed by atoms with Crippen LogP contribution in [0, 0.1) is 6.92 Å². The third-order valence-electron chi connectivity index (χ3n) is 4.86. The zero-order chi connectivity index (χ0) is 22.1. The largest absolute Gasteiger partial charge is 0.467 e. The molecule has 1 amide bonds. The van der Waals surface area contributed by atoms with Crippen LogP contribution >= 0.6 is 23.2 Å². The van der Waals surface area contributed by atoms with Crippen molar-refractivity contribution in [2.24, 2.45) is 0 Å². The summed E-state index contributed by atoms with van der Waals surface area (Å²) in [6, 6.07) is 12.9. The molecular formula is C22H17Cl2N3O4. The number of aromatic nitrogens is 2. The quantitative estimate of drug-likeness (QED) is 0.495. The summed E-state index contributed by atoms with van der Waals surface area (Å²) in [5, 5.41) is 3.71. The molecule has 0 saturated heterocycles. The highest BCUT2D eigenvalue weighted by atomic mass is 35.5. The molecule has 31 heavy (non-hydrogen) atoms. The van der Waals surface area contributed by atoms with Crippen molar-refractivity contribution >= 4 is 40.0 Å². The summed E-state index contributed by atoms with van der Waals surface area (Å²) in [6.45, 7) is 1.68. The minimum Gasteiger partial charge on any atom is -0.467 e. The van der Waals surface area contributed by atoms with Crippen LogP contribution in [0.4, 0.5) is 0 Å².